The zero-order chi connectivity index (χ0) is 15.1. The zero-order valence-electron chi connectivity index (χ0n) is 11.7. The van der Waals surface area contributed by atoms with Gasteiger partial charge < -0.3 is 10.6 Å². The molecule has 0 amide bonds. The van der Waals surface area contributed by atoms with Crippen molar-refractivity contribution in [3.8, 4) is 0 Å². The van der Waals surface area contributed by atoms with Crippen molar-refractivity contribution < 1.29 is 4.39 Å². The highest BCUT2D eigenvalue weighted by Gasteiger charge is 2.10. The summed E-state index contributed by atoms with van der Waals surface area (Å²) < 4.78 is 12.8. The molecule has 110 valence electrons. The first-order valence-electron chi connectivity index (χ1n) is 6.31. The van der Waals surface area contributed by atoms with E-state index >= 15 is 0 Å². The Labute approximate surface area is 123 Å². The summed E-state index contributed by atoms with van der Waals surface area (Å²) >= 11 is 5.88. The van der Waals surface area contributed by atoms with E-state index in [9.17, 15) is 4.39 Å². The van der Waals surface area contributed by atoms with Gasteiger partial charge in [0.15, 0.2) is 0 Å². The fourth-order valence-electron chi connectivity index (χ4n) is 1.55. The largest absolute Gasteiger partial charge is 0.386 e. The lowest BCUT2D eigenvalue weighted by atomic mass is 10.1. The van der Waals surface area contributed by atoms with Gasteiger partial charge in [-0.05, 0) is 26.8 Å². The number of rotatable bonds is 7. The molecule has 0 saturated heterocycles. The van der Waals surface area contributed by atoms with Gasteiger partial charge in [0.2, 0.25) is 0 Å². The van der Waals surface area contributed by atoms with Gasteiger partial charge in [-0.2, -0.15) is 5.11 Å². The molecule has 7 heteroatoms. The number of hydrogen-bond donors (Lipinski definition) is 3. The molecule has 0 aliphatic carbocycles. The average Bonchev–Trinajstić information content (AvgIpc) is 2.34. The third kappa shape index (κ3) is 5.13. The van der Waals surface area contributed by atoms with Gasteiger partial charge >= 0.3 is 0 Å². The highest BCUT2D eigenvalue weighted by atomic mass is 35.5. The van der Waals surface area contributed by atoms with Crippen LogP contribution >= 0.6 is 11.6 Å². The quantitative estimate of drug-likeness (QED) is 0.529. The monoisotopic (exact) mass is 299 g/mol. The summed E-state index contributed by atoms with van der Waals surface area (Å²) in [4.78, 5) is 4.00. The van der Waals surface area contributed by atoms with Crippen LogP contribution < -0.4 is 10.6 Å². The van der Waals surface area contributed by atoms with Crippen molar-refractivity contribution in [3.05, 3.63) is 29.2 Å². The second kappa shape index (κ2) is 7.79. The van der Waals surface area contributed by atoms with Crippen molar-refractivity contribution in [2.24, 2.45) is 5.11 Å². The predicted octanol–water partition coefficient (Wildman–Crippen LogP) is 3.83. The first-order valence-corrected chi connectivity index (χ1v) is 6.69. The van der Waals surface area contributed by atoms with Crippen LogP contribution in [0.15, 0.2) is 23.6 Å². The number of anilines is 1. The SMILES string of the molecule is CC(F)CN/C=C(\N=N)c1cnc(Cl)cc1NC(C)C. The van der Waals surface area contributed by atoms with Gasteiger partial charge in [-0.15, -0.1) is 0 Å². The topological polar surface area (TPSA) is 73.2 Å². The molecule has 1 aromatic rings. The summed E-state index contributed by atoms with van der Waals surface area (Å²) in [6.45, 7) is 5.59. The minimum absolute atomic E-state index is 0.160. The highest BCUT2D eigenvalue weighted by Crippen LogP contribution is 2.26. The summed E-state index contributed by atoms with van der Waals surface area (Å²) in [5.74, 6) is 0. The van der Waals surface area contributed by atoms with E-state index in [1.165, 1.54) is 19.3 Å². The minimum atomic E-state index is -0.977. The predicted molar refractivity (Wildman–Crippen MR) is 79.7 cm³/mol. The molecule has 0 spiro atoms. The first-order chi connectivity index (χ1) is 9.43. The molecule has 5 nitrogen and oxygen atoms in total. The zero-order valence-corrected chi connectivity index (χ0v) is 12.5. The third-order valence-corrected chi connectivity index (χ3v) is 2.56. The molecule has 0 aromatic carbocycles. The van der Waals surface area contributed by atoms with Gasteiger partial charge in [-0.1, -0.05) is 11.6 Å². The van der Waals surface area contributed by atoms with Crippen LogP contribution in [-0.4, -0.2) is 23.7 Å². The summed E-state index contributed by atoms with van der Waals surface area (Å²) in [5.41, 5.74) is 8.98. The lowest BCUT2D eigenvalue weighted by Crippen LogP contribution is -2.16. The molecule has 20 heavy (non-hydrogen) atoms. The maximum atomic E-state index is 12.8. The highest BCUT2D eigenvalue weighted by molar-refractivity contribution is 6.29. The van der Waals surface area contributed by atoms with Gasteiger partial charge in [0.25, 0.3) is 0 Å². The van der Waals surface area contributed by atoms with E-state index in [4.69, 9.17) is 17.1 Å². The van der Waals surface area contributed by atoms with Crippen molar-refractivity contribution in [2.75, 3.05) is 11.9 Å². The Morgan fingerprint density at radius 1 is 1.55 bits per heavy atom. The summed E-state index contributed by atoms with van der Waals surface area (Å²) in [7, 11) is 0. The maximum Gasteiger partial charge on any atom is 0.131 e. The maximum absolute atomic E-state index is 12.8. The molecule has 0 aliphatic heterocycles. The van der Waals surface area contributed by atoms with Crippen molar-refractivity contribution in [3.63, 3.8) is 0 Å². The Balaban J connectivity index is 3.04. The van der Waals surface area contributed by atoms with E-state index < -0.39 is 6.17 Å². The van der Waals surface area contributed by atoms with Crippen LogP contribution in [0, 0.1) is 5.53 Å². The average molecular weight is 300 g/mol. The van der Waals surface area contributed by atoms with E-state index in [0.717, 1.165) is 5.69 Å². The second-order valence-electron chi connectivity index (χ2n) is 4.68. The lowest BCUT2D eigenvalue weighted by molar-refractivity contribution is 0.357. The molecular formula is C13H19ClFN5. The molecule has 1 rings (SSSR count). The van der Waals surface area contributed by atoms with Crippen molar-refractivity contribution >= 4 is 23.0 Å². The molecule has 3 N–H and O–H groups in total. The van der Waals surface area contributed by atoms with Crippen LogP contribution in [-0.2, 0) is 0 Å². The van der Waals surface area contributed by atoms with Gasteiger partial charge in [0, 0.05) is 36.2 Å². The number of halogens is 2. The van der Waals surface area contributed by atoms with Crippen LogP contribution in [0.25, 0.3) is 5.70 Å². The molecule has 1 aromatic heterocycles. The Hall–Kier alpha value is -1.69. The molecular weight excluding hydrogens is 281 g/mol. The Morgan fingerprint density at radius 2 is 2.25 bits per heavy atom. The van der Waals surface area contributed by atoms with E-state index in [1.54, 1.807) is 6.07 Å². The summed E-state index contributed by atoms with van der Waals surface area (Å²) in [6, 6.07) is 1.87. The summed E-state index contributed by atoms with van der Waals surface area (Å²) in [6.07, 6.45) is 2.06. The molecule has 1 unspecified atom stereocenters. The van der Waals surface area contributed by atoms with Crippen molar-refractivity contribution in [1.29, 1.82) is 5.53 Å². The summed E-state index contributed by atoms with van der Waals surface area (Å²) in [5, 5.41) is 9.82. The standard InChI is InChI=1S/C13H19ClFN5/c1-8(2)19-11-4-13(14)18-6-10(11)12(20-16)7-17-5-9(3)15/h4,6-9,16-17H,5H2,1-3H3,(H,18,19)/b12-7-,20-16?. The molecule has 0 aliphatic rings. The van der Waals surface area contributed by atoms with E-state index in [0.29, 0.717) is 16.4 Å². The number of nitrogens with one attached hydrogen (secondary N) is 3. The number of alkyl halides is 1. The third-order valence-electron chi connectivity index (χ3n) is 2.35. The van der Waals surface area contributed by atoms with Gasteiger partial charge in [-0.3, -0.25) is 0 Å². The first kappa shape index (κ1) is 16.4. The van der Waals surface area contributed by atoms with Crippen LogP contribution in [0.1, 0.15) is 26.3 Å². The van der Waals surface area contributed by atoms with E-state index in [2.05, 4.69) is 20.7 Å². The van der Waals surface area contributed by atoms with Gasteiger partial charge in [0.05, 0.1) is 0 Å². The van der Waals surface area contributed by atoms with Crippen LogP contribution in [0.5, 0.6) is 0 Å². The molecule has 0 radical (unpaired) electrons. The van der Waals surface area contributed by atoms with Crippen LogP contribution in [0.4, 0.5) is 10.1 Å². The van der Waals surface area contributed by atoms with Crippen molar-refractivity contribution in [2.45, 2.75) is 33.0 Å². The molecule has 1 atom stereocenters. The Kier molecular flexibility index (Phi) is 6.38. The fourth-order valence-corrected chi connectivity index (χ4v) is 1.71. The van der Waals surface area contributed by atoms with Gasteiger partial charge in [-0.25, -0.2) is 14.9 Å². The molecule has 0 bridgehead atoms. The number of hydrogen-bond acceptors (Lipinski definition) is 5. The molecule has 1 heterocycles. The number of nitrogens with zero attached hydrogens (tertiary/aromatic N) is 2. The number of aromatic nitrogens is 1. The van der Waals surface area contributed by atoms with E-state index in [1.807, 2.05) is 13.8 Å². The Morgan fingerprint density at radius 3 is 2.80 bits per heavy atom. The molecule has 0 fully saturated rings. The van der Waals surface area contributed by atoms with Gasteiger partial charge in [0.1, 0.15) is 17.0 Å². The Bertz CT molecular complexity index is 488. The van der Waals surface area contributed by atoms with E-state index in [-0.39, 0.29) is 12.6 Å². The van der Waals surface area contributed by atoms with Crippen molar-refractivity contribution in [1.82, 2.24) is 10.3 Å². The fraction of sp³-hybridized carbons (Fsp3) is 0.462. The smallest absolute Gasteiger partial charge is 0.131 e. The normalized spacial score (nSPS) is 13.2. The van der Waals surface area contributed by atoms with Crippen LogP contribution in [0.3, 0.4) is 0 Å². The lowest BCUT2D eigenvalue weighted by Gasteiger charge is -2.14. The molecule has 0 saturated carbocycles. The minimum Gasteiger partial charge on any atom is -0.386 e. The second-order valence-corrected chi connectivity index (χ2v) is 5.07. The number of pyridine rings is 1. The van der Waals surface area contributed by atoms with Crippen LogP contribution in [0.2, 0.25) is 5.15 Å².